The maximum atomic E-state index is 6.64. The molecule has 0 aliphatic rings. The summed E-state index contributed by atoms with van der Waals surface area (Å²) in [6, 6.07) is 53.9. The highest BCUT2D eigenvalue weighted by Crippen LogP contribution is 2.40. The standard InChI is InChI=1S/C45H26N4O2/c1-3-12-27(13-4-1)43-46-44(48-45(47-43)33-18-11-21-39-42(33)32-17-8-10-20-38(32)50-39)28-22-23-31-35-25-34-30-16-7-9-19-36(30)49(29-14-5-2-6-15-29)37(34)26-41(35)51-40(31)24-28/h1-26H. The van der Waals surface area contributed by atoms with Crippen LogP contribution in [0.5, 0.6) is 0 Å². The highest BCUT2D eigenvalue weighted by atomic mass is 16.3. The molecule has 7 aromatic carbocycles. The molecule has 0 bridgehead atoms. The molecule has 0 saturated heterocycles. The van der Waals surface area contributed by atoms with Gasteiger partial charge in [0.05, 0.1) is 11.0 Å². The summed E-state index contributed by atoms with van der Waals surface area (Å²) in [5.41, 5.74) is 9.24. The Kier molecular flexibility index (Phi) is 5.86. The average Bonchev–Trinajstić information content (AvgIpc) is 3.86. The number of furan rings is 2. The van der Waals surface area contributed by atoms with Crippen LogP contribution in [0.25, 0.3) is 106 Å². The molecule has 0 saturated carbocycles. The van der Waals surface area contributed by atoms with E-state index in [4.69, 9.17) is 23.8 Å². The predicted octanol–water partition coefficient (Wildman–Crippen LogP) is 11.8. The fourth-order valence-corrected chi connectivity index (χ4v) is 7.54. The largest absolute Gasteiger partial charge is 0.456 e. The number of nitrogens with zero attached hydrogens (tertiary/aromatic N) is 4. The molecular weight excluding hydrogens is 629 g/mol. The van der Waals surface area contributed by atoms with Crippen LogP contribution in [0.2, 0.25) is 0 Å². The van der Waals surface area contributed by atoms with Crippen LogP contribution in [-0.2, 0) is 0 Å². The van der Waals surface area contributed by atoms with Gasteiger partial charge in [0.2, 0.25) is 0 Å². The van der Waals surface area contributed by atoms with Gasteiger partial charge in [-0.25, -0.2) is 15.0 Å². The minimum atomic E-state index is 0.567. The second-order valence-corrected chi connectivity index (χ2v) is 12.8. The third-order valence-corrected chi connectivity index (χ3v) is 9.85. The number of hydrogen-bond acceptors (Lipinski definition) is 5. The minimum absolute atomic E-state index is 0.567. The van der Waals surface area contributed by atoms with Crippen molar-refractivity contribution in [1.29, 1.82) is 0 Å². The maximum Gasteiger partial charge on any atom is 0.164 e. The van der Waals surface area contributed by atoms with Crippen molar-refractivity contribution in [2.75, 3.05) is 0 Å². The molecule has 11 aromatic rings. The zero-order valence-electron chi connectivity index (χ0n) is 27.1. The van der Waals surface area contributed by atoms with Gasteiger partial charge in [-0.3, -0.25) is 0 Å². The van der Waals surface area contributed by atoms with E-state index < -0.39 is 0 Å². The Bertz CT molecular complexity index is 3140. The first-order valence-electron chi connectivity index (χ1n) is 16.9. The monoisotopic (exact) mass is 654 g/mol. The van der Waals surface area contributed by atoms with Crippen molar-refractivity contribution in [2.24, 2.45) is 0 Å². The van der Waals surface area contributed by atoms with E-state index in [0.717, 1.165) is 77.3 Å². The third kappa shape index (κ3) is 4.26. The quantitative estimate of drug-likeness (QED) is 0.189. The Morgan fingerprint density at radius 2 is 1.04 bits per heavy atom. The summed E-state index contributed by atoms with van der Waals surface area (Å²) < 4.78 is 15.2. The molecule has 0 spiro atoms. The second-order valence-electron chi connectivity index (χ2n) is 12.8. The van der Waals surface area contributed by atoms with E-state index in [1.807, 2.05) is 72.8 Å². The Morgan fingerprint density at radius 3 is 1.90 bits per heavy atom. The molecule has 0 atom stereocenters. The molecule has 6 nitrogen and oxygen atoms in total. The molecule has 11 rings (SSSR count). The van der Waals surface area contributed by atoms with Crippen LogP contribution in [0.15, 0.2) is 167 Å². The van der Waals surface area contributed by atoms with E-state index in [0.29, 0.717) is 17.5 Å². The van der Waals surface area contributed by atoms with Crippen LogP contribution < -0.4 is 0 Å². The summed E-state index contributed by atoms with van der Waals surface area (Å²) in [6.07, 6.45) is 0. The van der Waals surface area contributed by atoms with E-state index >= 15 is 0 Å². The molecule has 4 aromatic heterocycles. The molecule has 0 fully saturated rings. The van der Waals surface area contributed by atoms with E-state index in [-0.39, 0.29) is 0 Å². The highest BCUT2D eigenvalue weighted by Gasteiger charge is 2.20. The van der Waals surface area contributed by atoms with Crippen molar-refractivity contribution in [3.05, 3.63) is 158 Å². The first-order chi connectivity index (χ1) is 25.3. The maximum absolute atomic E-state index is 6.64. The molecule has 6 heteroatoms. The molecule has 0 N–H and O–H groups in total. The summed E-state index contributed by atoms with van der Waals surface area (Å²) in [7, 11) is 0. The normalized spacial score (nSPS) is 11.9. The lowest BCUT2D eigenvalue weighted by atomic mass is 10.0. The first-order valence-corrected chi connectivity index (χ1v) is 16.9. The number of rotatable bonds is 4. The molecule has 0 aliphatic heterocycles. The van der Waals surface area contributed by atoms with Gasteiger partial charge in [-0.1, -0.05) is 103 Å². The van der Waals surface area contributed by atoms with Crippen molar-refractivity contribution in [3.8, 4) is 39.9 Å². The SMILES string of the molecule is c1ccc(-c2nc(-c3ccc4c(c3)oc3cc5c(cc34)c3ccccc3n5-c3ccccc3)nc(-c3cccc4oc5ccccc5c34)n2)cc1. The smallest absolute Gasteiger partial charge is 0.164 e. The number of hydrogen-bond donors (Lipinski definition) is 0. The van der Waals surface area contributed by atoms with Crippen LogP contribution in [-0.4, -0.2) is 19.5 Å². The van der Waals surface area contributed by atoms with Gasteiger partial charge in [0.1, 0.15) is 22.3 Å². The summed E-state index contributed by atoms with van der Waals surface area (Å²) in [5, 5.41) is 6.51. The van der Waals surface area contributed by atoms with Gasteiger partial charge in [-0.2, -0.15) is 0 Å². The Morgan fingerprint density at radius 1 is 0.373 bits per heavy atom. The minimum Gasteiger partial charge on any atom is -0.456 e. The summed E-state index contributed by atoms with van der Waals surface area (Å²) in [4.78, 5) is 15.1. The van der Waals surface area contributed by atoms with E-state index in [1.165, 1.54) is 10.8 Å². The number of aromatic nitrogens is 4. The molecule has 238 valence electrons. The van der Waals surface area contributed by atoms with Gasteiger partial charge in [0, 0.05) is 60.8 Å². The van der Waals surface area contributed by atoms with Crippen molar-refractivity contribution < 1.29 is 8.83 Å². The van der Waals surface area contributed by atoms with Crippen molar-refractivity contribution in [1.82, 2.24) is 19.5 Å². The predicted molar refractivity (Wildman–Crippen MR) is 205 cm³/mol. The van der Waals surface area contributed by atoms with Crippen molar-refractivity contribution >= 4 is 65.7 Å². The molecule has 0 aliphatic carbocycles. The fourth-order valence-electron chi connectivity index (χ4n) is 7.54. The third-order valence-electron chi connectivity index (χ3n) is 9.85. The van der Waals surface area contributed by atoms with Gasteiger partial charge in [-0.15, -0.1) is 0 Å². The molecule has 0 unspecified atom stereocenters. The van der Waals surface area contributed by atoms with Gasteiger partial charge in [0.25, 0.3) is 0 Å². The number of benzene rings is 7. The van der Waals surface area contributed by atoms with Crippen LogP contribution in [0, 0.1) is 0 Å². The second kappa shape index (κ2) is 10.7. The molecule has 0 radical (unpaired) electrons. The van der Waals surface area contributed by atoms with Crippen LogP contribution >= 0.6 is 0 Å². The van der Waals surface area contributed by atoms with Crippen LogP contribution in [0.1, 0.15) is 0 Å². The fraction of sp³-hybridized carbons (Fsp3) is 0. The van der Waals surface area contributed by atoms with E-state index in [2.05, 4.69) is 89.5 Å². The first kappa shape index (κ1) is 27.9. The van der Waals surface area contributed by atoms with Crippen molar-refractivity contribution in [2.45, 2.75) is 0 Å². The lowest BCUT2D eigenvalue weighted by molar-refractivity contribution is 0.669. The molecular formula is C45H26N4O2. The highest BCUT2D eigenvalue weighted by molar-refractivity contribution is 6.17. The van der Waals surface area contributed by atoms with Crippen molar-refractivity contribution in [3.63, 3.8) is 0 Å². The molecule has 4 heterocycles. The summed E-state index contributed by atoms with van der Waals surface area (Å²) in [6.45, 7) is 0. The van der Waals surface area contributed by atoms with Crippen LogP contribution in [0.4, 0.5) is 0 Å². The lowest BCUT2D eigenvalue weighted by Crippen LogP contribution is -2.00. The zero-order chi connectivity index (χ0) is 33.5. The van der Waals surface area contributed by atoms with Gasteiger partial charge in [0.15, 0.2) is 17.5 Å². The Balaban J connectivity index is 1.12. The van der Waals surface area contributed by atoms with E-state index in [1.54, 1.807) is 0 Å². The topological polar surface area (TPSA) is 69.9 Å². The van der Waals surface area contributed by atoms with E-state index in [9.17, 15) is 0 Å². The summed E-state index contributed by atoms with van der Waals surface area (Å²) >= 11 is 0. The van der Waals surface area contributed by atoms with Crippen LogP contribution in [0.3, 0.4) is 0 Å². The van der Waals surface area contributed by atoms with Gasteiger partial charge < -0.3 is 13.4 Å². The molecule has 51 heavy (non-hydrogen) atoms. The number of fused-ring (bicyclic) bond motifs is 9. The lowest BCUT2D eigenvalue weighted by Gasteiger charge is -2.09. The Hall–Kier alpha value is -7.05. The zero-order valence-corrected chi connectivity index (χ0v) is 27.1. The Labute approximate surface area is 290 Å². The average molecular weight is 655 g/mol. The van der Waals surface area contributed by atoms with Gasteiger partial charge >= 0.3 is 0 Å². The van der Waals surface area contributed by atoms with Gasteiger partial charge in [-0.05, 0) is 48.5 Å². The summed E-state index contributed by atoms with van der Waals surface area (Å²) in [5.74, 6) is 1.75. The number of para-hydroxylation sites is 3. The molecule has 0 amide bonds.